The number of nitrogens with one attached hydrogen (secondary N) is 1. The van der Waals surface area contributed by atoms with Crippen molar-refractivity contribution in [2.45, 2.75) is 0 Å². The molecule has 0 fully saturated rings. The average molecular weight is 194 g/mol. The lowest BCUT2D eigenvalue weighted by Crippen LogP contribution is -1.83. The van der Waals surface area contributed by atoms with Crippen LogP contribution >= 0.6 is 0 Å². The van der Waals surface area contributed by atoms with Crippen molar-refractivity contribution in [2.24, 2.45) is 0 Å². The fourth-order valence-corrected chi connectivity index (χ4v) is 1.62. The van der Waals surface area contributed by atoms with Crippen LogP contribution in [0.15, 0.2) is 42.6 Å². The van der Waals surface area contributed by atoms with Gasteiger partial charge in [-0.1, -0.05) is 18.2 Å². The topological polar surface area (TPSA) is 41.6 Å². The van der Waals surface area contributed by atoms with Gasteiger partial charge in [0.15, 0.2) is 6.33 Å². The Morgan fingerprint density at radius 3 is 2.87 bits per heavy atom. The second-order valence-corrected chi connectivity index (χ2v) is 3.31. The van der Waals surface area contributed by atoms with Crippen molar-refractivity contribution < 1.29 is 0 Å². The quantitative estimate of drug-likeness (QED) is 0.646. The van der Waals surface area contributed by atoms with Gasteiger partial charge in [0.2, 0.25) is 0 Å². The monoisotopic (exact) mass is 194 g/mol. The minimum absolute atomic E-state index is 0.862. The molecule has 1 radical (unpaired) electrons. The van der Waals surface area contributed by atoms with E-state index >= 15 is 0 Å². The summed E-state index contributed by atoms with van der Waals surface area (Å²) in [5.41, 5.74) is 2.97. The third-order valence-electron chi connectivity index (χ3n) is 2.34. The third-order valence-corrected chi connectivity index (χ3v) is 2.34. The molecule has 3 nitrogen and oxygen atoms in total. The van der Waals surface area contributed by atoms with Gasteiger partial charge in [-0.25, -0.2) is 9.97 Å². The predicted molar refractivity (Wildman–Crippen MR) is 58.2 cm³/mol. The largest absolute Gasteiger partial charge is 0.353 e. The fraction of sp³-hybridized carbons (Fsp3) is 0. The molecule has 0 saturated heterocycles. The van der Waals surface area contributed by atoms with Gasteiger partial charge in [0.1, 0.15) is 0 Å². The zero-order chi connectivity index (χ0) is 10.1. The number of benzene rings is 1. The number of hydrogen-bond acceptors (Lipinski definition) is 2. The molecule has 0 unspecified atom stereocenters. The molecule has 0 aliphatic carbocycles. The van der Waals surface area contributed by atoms with Crippen LogP contribution in [-0.2, 0) is 0 Å². The molecule has 71 valence electrons. The van der Waals surface area contributed by atoms with Crippen LogP contribution in [0.4, 0.5) is 0 Å². The standard InChI is InChI=1S/C12H8N3/c1-2-4-10-9(3-1)7-12(15-10)11-5-6-13-8-14-11/h1-7,15H. The molecule has 0 saturated carbocycles. The van der Waals surface area contributed by atoms with Crippen molar-refractivity contribution in [3.63, 3.8) is 0 Å². The predicted octanol–water partition coefficient (Wildman–Crippen LogP) is 2.43. The molecular weight excluding hydrogens is 186 g/mol. The van der Waals surface area contributed by atoms with Crippen molar-refractivity contribution in [2.75, 3.05) is 0 Å². The number of aromatic amines is 1. The van der Waals surface area contributed by atoms with Gasteiger partial charge in [0, 0.05) is 17.1 Å². The highest BCUT2D eigenvalue weighted by Gasteiger charge is 2.02. The number of para-hydroxylation sites is 1. The summed E-state index contributed by atoms with van der Waals surface area (Å²) in [5.74, 6) is 0. The number of aromatic nitrogens is 3. The van der Waals surface area contributed by atoms with Crippen LogP contribution in [0.3, 0.4) is 0 Å². The minimum atomic E-state index is 0.862. The molecule has 0 aliphatic rings. The zero-order valence-corrected chi connectivity index (χ0v) is 7.94. The lowest BCUT2D eigenvalue weighted by Gasteiger charge is -1.92. The molecule has 0 spiro atoms. The molecule has 1 aromatic carbocycles. The Balaban J connectivity index is 2.21. The maximum Gasteiger partial charge on any atom is 0.198 e. The maximum absolute atomic E-state index is 4.08. The van der Waals surface area contributed by atoms with Gasteiger partial charge in [0.25, 0.3) is 0 Å². The van der Waals surface area contributed by atoms with Gasteiger partial charge < -0.3 is 4.98 Å². The Kier molecular flexibility index (Phi) is 1.75. The zero-order valence-electron chi connectivity index (χ0n) is 7.94. The second kappa shape index (κ2) is 3.20. The van der Waals surface area contributed by atoms with Crippen LogP contribution in [0.5, 0.6) is 0 Å². The van der Waals surface area contributed by atoms with Gasteiger partial charge in [0.05, 0.1) is 11.4 Å². The first-order chi connectivity index (χ1) is 7.43. The van der Waals surface area contributed by atoms with Gasteiger partial charge in [-0.15, -0.1) is 0 Å². The SMILES string of the molecule is [c]1nccc(-c2cc3ccccc3[nH]2)n1. The lowest BCUT2D eigenvalue weighted by molar-refractivity contribution is 1.14. The Morgan fingerprint density at radius 1 is 1.13 bits per heavy atom. The number of rotatable bonds is 1. The maximum atomic E-state index is 4.08. The van der Waals surface area contributed by atoms with Crippen LogP contribution in [0.2, 0.25) is 0 Å². The molecule has 15 heavy (non-hydrogen) atoms. The van der Waals surface area contributed by atoms with Crippen molar-refractivity contribution in [3.8, 4) is 11.4 Å². The fourth-order valence-electron chi connectivity index (χ4n) is 1.62. The van der Waals surface area contributed by atoms with Gasteiger partial charge >= 0.3 is 0 Å². The molecule has 0 amide bonds. The molecule has 1 N–H and O–H groups in total. The lowest BCUT2D eigenvalue weighted by atomic mass is 10.2. The van der Waals surface area contributed by atoms with E-state index < -0.39 is 0 Å². The van der Waals surface area contributed by atoms with E-state index in [0.717, 1.165) is 16.9 Å². The second-order valence-electron chi connectivity index (χ2n) is 3.31. The Bertz CT molecular complexity index is 551. The number of hydrogen-bond donors (Lipinski definition) is 1. The average Bonchev–Trinajstić information content (AvgIpc) is 2.74. The molecule has 2 heterocycles. The van der Waals surface area contributed by atoms with Crippen LogP contribution in [-0.4, -0.2) is 15.0 Å². The first kappa shape index (κ1) is 8.17. The van der Waals surface area contributed by atoms with Gasteiger partial charge in [-0.05, 0) is 18.2 Å². The molecule has 3 rings (SSSR count). The van der Waals surface area contributed by atoms with Crippen molar-refractivity contribution in [1.29, 1.82) is 0 Å². The summed E-state index contributed by atoms with van der Waals surface area (Å²) in [7, 11) is 0. The number of nitrogens with zero attached hydrogens (tertiary/aromatic N) is 2. The Hall–Kier alpha value is -2.16. The van der Waals surface area contributed by atoms with E-state index in [9.17, 15) is 0 Å². The highest BCUT2D eigenvalue weighted by atomic mass is 14.8. The summed E-state index contributed by atoms with van der Waals surface area (Å²) >= 11 is 0. The van der Waals surface area contributed by atoms with Crippen LogP contribution in [0, 0.1) is 6.33 Å². The normalized spacial score (nSPS) is 10.7. The van der Waals surface area contributed by atoms with E-state index in [-0.39, 0.29) is 0 Å². The van der Waals surface area contributed by atoms with Crippen LogP contribution in [0.1, 0.15) is 0 Å². The first-order valence-electron chi connectivity index (χ1n) is 4.71. The summed E-state index contributed by atoms with van der Waals surface area (Å²) in [4.78, 5) is 11.2. The molecule has 3 aromatic rings. The number of H-pyrrole nitrogens is 1. The van der Waals surface area contributed by atoms with E-state index in [1.807, 2.05) is 24.3 Å². The summed E-state index contributed by atoms with van der Waals surface area (Å²) in [6, 6.07) is 12.1. The van der Waals surface area contributed by atoms with Crippen molar-refractivity contribution in [1.82, 2.24) is 15.0 Å². The van der Waals surface area contributed by atoms with E-state index in [1.54, 1.807) is 6.20 Å². The molecule has 0 atom stereocenters. The molecule has 0 aliphatic heterocycles. The summed E-state index contributed by atoms with van der Waals surface area (Å²) in [5, 5.41) is 1.19. The highest BCUT2D eigenvalue weighted by Crippen LogP contribution is 2.21. The van der Waals surface area contributed by atoms with E-state index in [0.29, 0.717) is 0 Å². The Labute approximate surface area is 86.8 Å². The molecular formula is C12H8N3. The van der Waals surface area contributed by atoms with Crippen molar-refractivity contribution in [3.05, 3.63) is 48.9 Å². The van der Waals surface area contributed by atoms with Crippen LogP contribution < -0.4 is 0 Å². The molecule has 2 aromatic heterocycles. The van der Waals surface area contributed by atoms with Crippen LogP contribution in [0.25, 0.3) is 22.3 Å². The van der Waals surface area contributed by atoms with Gasteiger partial charge in [-0.2, -0.15) is 0 Å². The Morgan fingerprint density at radius 2 is 2.07 bits per heavy atom. The number of fused-ring (bicyclic) bond motifs is 1. The van der Waals surface area contributed by atoms with E-state index in [1.165, 1.54) is 5.39 Å². The molecule has 0 bridgehead atoms. The molecule has 3 heteroatoms. The highest BCUT2D eigenvalue weighted by molar-refractivity contribution is 5.84. The summed E-state index contributed by atoms with van der Waals surface area (Å²) < 4.78 is 0. The van der Waals surface area contributed by atoms with Gasteiger partial charge in [-0.3, -0.25) is 0 Å². The summed E-state index contributed by atoms with van der Waals surface area (Å²) in [6.07, 6.45) is 4.27. The minimum Gasteiger partial charge on any atom is -0.353 e. The van der Waals surface area contributed by atoms with E-state index in [4.69, 9.17) is 0 Å². The van der Waals surface area contributed by atoms with E-state index in [2.05, 4.69) is 33.4 Å². The smallest absolute Gasteiger partial charge is 0.198 e. The first-order valence-corrected chi connectivity index (χ1v) is 4.71. The third kappa shape index (κ3) is 1.38. The summed E-state index contributed by atoms with van der Waals surface area (Å²) in [6.45, 7) is 0. The van der Waals surface area contributed by atoms with Crippen molar-refractivity contribution >= 4 is 10.9 Å².